The summed E-state index contributed by atoms with van der Waals surface area (Å²) in [5.41, 5.74) is 2.11. The lowest BCUT2D eigenvalue weighted by atomic mass is 10.2. The van der Waals surface area contributed by atoms with E-state index in [0.717, 1.165) is 38.7 Å². The van der Waals surface area contributed by atoms with Crippen molar-refractivity contribution in [3.8, 4) is 10.6 Å². The van der Waals surface area contributed by atoms with Crippen molar-refractivity contribution in [1.82, 2.24) is 9.97 Å². The van der Waals surface area contributed by atoms with Crippen LogP contribution in [0.1, 0.15) is 18.3 Å². The third-order valence-electron chi connectivity index (χ3n) is 2.58. The molecule has 0 unspecified atom stereocenters. The first-order chi connectivity index (χ1) is 8.17. The molecule has 0 aliphatic rings. The fourth-order valence-electron chi connectivity index (χ4n) is 1.65. The van der Waals surface area contributed by atoms with E-state index in [1.54, 1.807) is 11.3 Å². The van der Waals surface area contributed by atoms with Gasteiger partial charge in [0.05, 0.1) is 10.6 Å². The van der Waals surface area contributed by atoms with E-state index in [4.69, 9.17) is 0 Å². The number of rotatable bonds is 3. The molecule has 0 saturated heterocycles. The summed E-state index contributed by atoms with van der Waals surface area (Å²) in [5.74, 6) is 1.78. The third-order valence-corrected chi connectivity index (χ3v) is 4.42. The molecule has 0 amide bonds. The monoisotopic (exact) mass is 311 g/mol. The Morgan fingerprint density at radius 3 is 2.71 bits per heavy atom. The normalized spacial score (nSPS) is 10.6. The number of aromatic nitrogens is 2. The van der Waals surface area contributed by atoms with Gasteiger partial charge in [-0.25, -0.2) is 9.97 Å². The minimum absolute atomic E-state index is 0.838. The van der Waals surface area contributed by atoms with Gasteiger partial charge in [0.15, 0.2) is 0 Å². The standard InChI is InChI=1S/C12H14BrN3S/c1-4-9-15-10(7(2)12(14-3)16-9)11-8(13)5-6-17-11/h5-6H,4H2,1-3H3,(H,14,15,16). The Morgan fingerprint density at radius 1 is 1.41 bits per heavy atom. The maximum Gasteiger partial charge on any atom is 0.133 e. The number of nitrogens with one attached hydrogen (secondary N) is 1. The number of halogens is 1. The number of nitrogens with zero attached hydrogens (tertiary/aromatic N) is 2. The van der Waals surface area contributed by atoms with Crippen molar-refractivity contribution < 1.29 is 0 Å². The van der Waals surface area contributed by atoms with E-state index < -0.39 is 0 Å². The molecule has 2 heterocycles. The van der Waals surface area contributed by atoms with Crippen molar-refractivity contribution in [3.05, 3.63) is 27.3 Å². The predicted octanol–water partition coefficient (Wildman–Crippen LogP) is 3.88. The van der Waals surface area contributed by atoms with Crippen molar-refractivity contribution in [3.63, 3.8) is 0 Å². The van der Waals surface area contributed by atoms with Crippen molar-refractivity contribution in [2.24, 2.45) is 0 Å². The molecule has 0 aliphatic carbocycles. The number of thiophene rings is 1. The number of hydrogen-bond acceptors (Lipinski definition) is 4. The maximum atomic E-state index is 4.63. The van der Waals surface area contributed by atoms with Gasteiger partial charge >= 0.3 is 0 Å². The van der Waals surface area contributed by atoms with Gasteiger partial charge in [-0.15, -0.1) is 11.3 Å². The van der Waals surface area contributed by atoms with Crippen LogP contribution in [-0.2, 0) is 6.42 Å². The first-order valence-electron chi connectivity index (χ1n) is 5.46. The van der Waals surface area contributed by atoms with E-state index in [9.17, 15) is 0 Å². The van der Waals surface area contributed by atoms with Crippen LogP contribution in [-0.4, -0.2) is 17.0 Å². The largest absolute Gasteiger partial charge is 0.373 e. The highest BCUT2D eigenvalue weighted by molar-refractivity contribution is 9.10. The summed E-state index contributed by atoms with van der Waals surface area (Å²) in [5, 5.41) is 5.19. The van der Waals surface area contributed by atoms with E-state index in [1.807, 2.05) is 20.0 Å². The Bertz CT molecular complexity index is 537. The van der Waals surface area contributed by atoms with Crippen molar-refractivity contribution in [2.45, 2.75) is 20.3 Å². The second-order valence-corrected chi connectivity index (χ2v) is 5.43. The second-order valence-electron chi connectivity index (χ2n) is 3.66. The van der Waals surface area contributed by atoms with Gasteiger partial charge in [0.2, 0.25) is 0 Å². The summed E-state index contributed by atoms with van der Waals surface area (Å²) in [6.07, 6.45) is 0.838. The summed E-state index contributed by atoms with van der Waals surface area (Å²) in [6, 6.07) is 2.05. The van der Waals surface area contributed by atoms with E-state index in [0.29, 0.717) is 0 Å². The van der Waals surface area contributed by atoms with Crippen molar-refractivity contribution in [2.75, 3.05) is 12.4 Å². The van der Waals surface area contributed by atoms with Gasteiger partial charge in [-0.1, -0.05) is 6.92 Å². The lowest BCUT2D eigenvalue weighted by Crippen LogP contribution is -2.04. The average Bonchev–Trinajstić information content (AvgIpc) is 2.76. The zero-order valence-corrected chi connectivity index (χ0v) is 12.4. The smallest absolute Gasteiger partial charge is 0.133 e. The first kappa shape index (κ1) is 12.5. The van der Waals surface area contributed by atoms with Crippen LogP contribution in [0.5, 0.6) is 0 Å². The number of anilines is 1. The molecule has 0 bridgehead atoms. The first-order valence-corrected chi connectivity index (χ1v) is 7.13. The molecule has 90 valence electrons. The molecule has 0 saturated carbocycles. The van der Waals surface area contributed by atoms with E-state index in [1.165, 1.54) is 0 Å². The number of hydrogen-bond donors (Lipinski definition) is 1. The minimum atomic E-state index is 0.838. The lowest BCUT2D eigenvalue weighted by molar-refractivity contribution is 0.937. The van der Waals surface area contributed by atoms with Crippen LogP contribution < -0.4 is 5.32 Å². The topological polar surface area (TPSA) is 37.8 Å². The van der Waals surface area contributed by atoms with Crippen LogP contribution in [0.4, 0.5) is 5.82 Å². The summed E-state index contributed by atoms with van der Waals surface area (Å²) >= 11 is 5.25. The van der Waals surface area contributed by atoms with Crippen LogP contribution in [0.15, 0.2) is 15.9 Å². The second kappa shape index (κ2) is 5.14. The number of aryl methyl sites for hydroxylation is 1. The van der Waals surface area contributed by atoms with Gasteiger partial charge < -0.3 is 5.32 Å². The highest BCUT2D eigenvalue weighted by Gasteiger charge is 2.14. The molecule has 0 radical (unpaired) electrons. The maximum absolute atomic E-state index is 4.63. The zero-order valence-electron chi connectivity index (χ0n) is 10.0. The molecule has 17 heavy (non-hydrogen) atoms. The highest BCUT2D eigenvalue weighted by Crippen LogP contribution is 2.35. The van der Waals surface area contributed by atoms with E-state index >= 15 is 0 Å². The highest BCUT2D eigenvalue weighted by atomic mass is 79.9. The zero-order chi connectivity index (χ0) is 12.4. The summed E-state index contributed by atoms with van der Waals surface area (Å²) in [6.45, 7) is 4.12. The average molecular weight is 312 g/mol. The van der Waals surface area contributed by atoms with Crippen LogP contribution >= 0.6 is 27.3 Å². The molecule has 0 fully saturated rings. The Labute approximate surface area is 113 Å². The van der Waals surface area contributed by atoms with Crippen molar-refractivity contribution >= 4 is 33.1 Å². The molecule has 2 rings (SSSR count). The quantitative estimate of drug-likeness (QED) is 0.934. The predicted molar refractivity (Wildman–Crippen MR) is 76.7 cm³/mol. The molecular weight excluding hydrogens is 298 g/mol. The van der Waals surface area contributed by atoms with Crippen LogP contribution in [0.3, 0.4) is 0 Å². The van der Waals surface area contributed by atoms with Gasteiger partial charge in [0, 0.05) is 23.5 Å². The molecule has 2 aromatic heterocycles. The van der Waals surface area contributed by atoms with Gasteiger partial charge in [0.25, 0.3) is 0 Å². The van der Waals surface area contributed by atoms with Gasteiger partial charge in [-0.2, -0.15) is 0 Å². The van der Waals surface area contributed by atoms with Crippen LogP contribution in [0, 0.1) is 6.92 Å². The van der Waals surface area contributed by atoms with Gasteiger partial charge in [0.1, 0.15) is 11.6 Å². The van der Waals surface area contributed by atoms with Gasteiger partial charge in [-0.3, -0.25) is 0 Å². The Kier molecular flexibility index (Phi) is 3.79. The molecule has 3 nitrogen and oxygen atoms in total. The fraction of sp³-hybridized carbons (Fsp3) is 0.333. The fourth-order valence-corrected chi connectivity index (χ4v) is 3.25. The lowest BCUT2D eigenvalue weighted by Gasteiger charge is -2.10. The third kappa shape index (κ3) is 2.35. The molecular formula is C12H14BrN3S. The summed E-state index contributed by atoms with van der Waals surface area (Å²) in [4.78, 5) is 10.3. The molecule has 0 atom stereocenters. The van der Waals surface area contributed by atoms with E-state index in [-0.39, 0.29) is 0 Å². The molecule has 5 heteroatoms. The Hall–Kier alpha value is -0.940. The summed E-state index contributed by atoms with van der Waals surface area (Å²) < 4.78 is 1.09. The minimum Gasteiger partial charge on any atom is -0.373 e. The van der Waals surface area contributed by atoms with Gasteiger partial charge in [-0.05, 0) is 34.3 Å². The SMILES string of the molecule is CCc1nc(NC)c(C)c(-c2sccc2Br)n1. The Balaban J connectivity index is 2.64. The molecule has 0 aliphatic heterocycles. The molecule has 0 spiro atoms. The molecule has 2 aromatic rings. The van der Waals surface area contributed by atoms with Crippen LogP contribution in [0.2, 0.25) is 0 Å². The van der Waals surface area contributed by atoms with Crippen LogP contribution in [0.25, 0.3) is 10.6 Å². The molecule has 0 aromatic carbocycles. The van der Waals surface area contributed by atoms with E-state index in [2.05, 4.69) is 43.5 Å². The summed E-state index contributed by atoms with van der Waals surface area (Å²) in [7, 11) is 1.89. The Morgan fingerprint density at radius 2 is 2.18 bits per heavy atom. The van der Waals surface area contributed by atoms with Crippen molar-refractivity contribution in [1.29, 1.82) is 0 Å². The molecule has 1 N–H and O–H groups in total.